The Kier molecular flexibility index (Phi) is 7.21. The van der Waals surface area contributed by atoms with Crippen LogP contribution < -0.4 is 15.6 Å². The summed E-state index contributed by atoms with van der Waals surface area (Å²) in [6.45, 7) is 0. The fourth-order valence-electron chi connectivity index (χ4n) is 2.90. The number of carbonyl (C=O) groups excluding carboxylic acids is 1. The van der Waals surface area contributed by atoms with Crippen molar-refractivity contribution in [3.05, 3.63) is 87.6 Å². The van der Waals surface area contributed by atoms with Gasteiger partial charge in [0, 0.05) is 18.0 Å². The fraction of sp³-hybridized carbons (Fsp3) is 0.143. The largest absolute Gasteiger partial charge is 0.456 e. The van der Waals surface area contributed by atoms with Crippen LogP contribution in [-0.4, -0.2) is 34.0 Å². The van der Waals surface area contributed by atoms with Crippen molar-refractivity contribution in [2.45, 2.75) is 17.3 Å². The van der Waals surface area contributed by atoms with Crippen molar-refractivity contribution in [1.29, 1.82) is 0 Å². The van der Waals surface area contributed by atoms with Gasteiger partial charge in [-0.05, 0) is 48.0 Å². The predicted molar refractivity (Wildman–Crippen MR) is 121 cm³/mol. The third-order valence-corrected chi connectivity index (χ3v) is 4.82. The standard InChI is InChI=1S/C21H12B3ClF4N2O3/c22-20(23,24)15-8-12(26)2-4-16(15)34-17-7-11(21(27,28)29)1-3-14(17)19(33)30-13-5-6-31(10-25)18(32)9-13/h1-9H,10H2,(H,30,33). The summed E-state index contributed by atoms with van der Waals surface area (Å²) in [5, 5.41) is 0.295. The minimum Gasteiger partial charge on any atom is -0.456 e. The molecule has 0 bridgehead atoms. The summed E-state index contributed by atoms with van der Waals surface area (Å²) in [6, 6.07) is 7.34. The molecule has 1 amide bonds. The first kappa shape index (κ1) is 25.5. The van der Waals surface area contributed by atoms with Crippen LogP contribution in [-0.2, 0) is 17.3 Å². The van der Waals surface area contributed by atoms with Gasteiger partial charge in [-0.25, -0.2) is 4.39 Å². The molecule has 34 heavy (non-hydrogen) atoms. The van der Waals surface area contributed by atoms with Crippen LogP contribution in [0, 0.1) is 5.82 Å². The molecule has 3 aromatic rings. The van der Waals surface area contributed by atoms with Gasteiger partial charge >= 0.3 is 6.18 Å². The molecule has 0 unspecified atom stereocenters. The first-order valence-electron chi connectivity index (χ1n) is 9.43. The molecule has 13 heteroatoms. The number of carbonyl (C=O) groups is 1. The molecule has 2 aromatic carbocycles. The van der Waals surface area contributed by atoms with Crippen LogP contribution in [0.4, 0.5) is 23.2 Å². The Bertz CT molecular complexity index is 1290. The van der Waals surface area contributed by atoms with Gasteiger partial charge in [-0.2, -0.15) is 13.2 Å². The van der Waals surface area contributed by atoms with Gasteiger partial charge in [0.1, 0.15) is 23.3 Å². The quantitative estimate of drug-likeness (QED) is 0.329. The highest BCUT2D eigenvalue weighted by atomic mass is 35.5. The molecule has 0 aliphatic heterocycles. The van der Waals surface area contributed by atoms with Gasteiger partial charge in [0.05, 0.1) is 34.7 Å². The molecule has 0 atom stereocenters. The summed E-state index contributed by atoms with van der Waals surface area (Å²) in [5.41, 5.74) is -2.17. The van der Waals surface area contributed by atoms with E-state index in [1.165, 1.54) is 12.3 Å². The van der Waals surface area contributed by atoms with E-state index in [2.05, 4.69) is 5.32 Å². The molecule has 0 fully saturated rings. The highest BCUT2D eigenvalue weighted by Gasteiger charge is 2.32. The highest BCUT2D eigenvalue weighted by molar-refractivity contribution is 6.59. The highest BCUT2D eigenvalue weighted by Crippen LogP contribution is 2.37. The van der Waals surface area contributed by atoms with Gasteiger partial charge in [0.15, 0.2) is 0 Å². The second-order valence-corrected chi connectivity index (χ2v) is 7.42. The van der Waals surface area contributed by atoms with Crippen molar-refractivity contribution < 1.29 is 27.1 Å². The van der Waals surface area contributed by atoms with E-state index in [0.29, 0.717) is 12.1 Å². The molecule has 1 aromatic heterocycles. The first-order valence-corrected chi connectivity index (χ1v) is 9.96. The SMILES string of the molecule is [B]C([B])([B])c1cc(F)ccc1Oc1cc(C(F)(F)F)ccc1C(=O)Nc1ccn(CCl)c(=O)c1. The lowest BCUT2D eigenvalue weighted by molar-refractivity contribution is -0.137. The lowest BCUT2D eigenvalue weighted by Crippen LogP contribution is -2.27. The van der Waals surface area contributed by atoms with E-state index in [-0.39, 0.29) is 28.6 Å². The molecule has 5 nitrogen and oxygen atoms in total. The van der Waals surface area contributed by atoms with Crippen LogP contribution in [0.15, 0.2) is 59.5 Å². The molecule has 1 heterocycles. The lowest BCUT2D eigenvalue weighted by Gasteiger charge is -2.24. The number of ether oxygens (including phenoxy) is 1. The molecule has 0 saturated heterocycles. The van der Waals surface area contributed by atoms with Crippen molar-refractivity contribution in [3.63, 3.8) is 0 Å². The average Bonchev–Trinajstić information content (AvgIpc) is 2.73. The number of halogens is 5. The number of pyridine rings is 1. The smallest absolute Gasteiger partial charge is 0.416 e. The number of hydrogen-bond acceptors (Lipinski definition) is 3. The number of aromatic nitrogens is 1. The number of nitrogens with one attached hydrogen (secondary N) is 1. The second-order valence-electron chi connectivity index (χ2n) is 7.18. The van der Waals surface area contributed by atoms with E-state index >= 15 is 0 Å². The van der Waals surface area contributed by atoms with Crippen molar-refractivity contribution in [2.75, 3.05) is 5.32 Å². The number of rotatable bonds is 6. The van der Waals surface area contributed by atoms with Gasteiger partial charge in [-0.3, -0.25) is 9.59 Å². The van der Waals surface area contributed by atoms with E-state index in [1.54, 1.807) is 0 Å². The summed E-state index contributed by atoms with van der Waals surface area (Å²) in [7, 11) is 16.9. The number of nitrogens with zero attached hydrogens (tertiary/aromatic N) is 1. The van der Waals surface area contributed by atoms with Crippen LogP contribution in [0.5, 0.6) is 11.5 Å². The van der Waals surface area contributed by atoms with Crippen molar-refractivity contribution in [1.82, 2.24) is 4.57 Å². The minimum absolute atomic E-state index is 0.0644. The van der Waals surface area contributed by atoms with Crippen molar-refractivity contribution in [3.8, 4) is 11.5 Å². The predicted octanol–water partition coefficient (Wildman–Crippen LogP) is 3.86. The van der Waals surface area contributed by atoms with Gasteiger partial charge < -0.3 is 14.6 Å². The third-order valence-electron chi connectivity index (χ3n) is 4.56. The molecule has 6 radical (unpaired) electrons. The maximum absolute atomic E-state index is 13.7. The van der Waals surface area contributed by atoms with E-state index in [1.807, 2.05) is 0 Å². The lowest BCUT2D eigenvalue weighted by atomic mass is 9.40. The number of alkyl halides is 4. The zero-order chi connectivity index (χ0) is 25.3. The zero-order valence-corrected chi connectivity index (χ0v) is 18.0. The summed E-state index contributed by atoms with van der Waals surface area (Å²) in [4.78, 5) is 24.8. The molecule has 0 spiro atoms. The number of benzene rings is 2. The number of anilines is 1. The van der Waals surface area contributed by atoms with Crippen LogP contribution >= 0.6 is 11.6 Å². The number of hydrogen-bond donors (Lipinski definition) is 1. The fourth-order valence-corrected chi connectivity index (χ4v) is 3.10. The topological polar surface area (TPSA) is 60.3 Å². The molecular formula is C21H12B3ClF4N2O3. The monoisotopic (exact) mass is 484 g/mol. The van der Waals surface area contributed by atoms with Gasteiger partial charge in [0.25, 0.3) is 11.5 Å². The van der Waals surface area contributed by atoms with Crippen LogP contribution in [0.1, 0.15) is 21.5 Å². The van der Waals surface area contributed by atoms with Gasteiger partial charge in [0.2, 0.25) is 0 Å². The Morgan fingerprint density at radius 3 is 2.32 bits per heavy atom. The Balaban J connectivity index is 2.05. The summed E-state index contributed by atoms with van der Waals surface area (Å²) in [6.07, 6.45) is -3.44. The average molecular weight is 484 g/mol. The van der Waals surface area contributed by atoms with Gasteiger partial charge in [-0.1, -0.05) is 0 Å². The van der Waals surface area contributed by atoms with E-state index in [4.69, 9.17) is 39.9 Å². The molecule has 3 rings (SSSR count). The molecule has 1 N–H and O–H groups in total. The summed E-state index contributed by atoms with van der Waals surface area (Å²) >= 11 is 5.61. The minimum atomic E-state index is -4.76. The number of amides is 1. The maximum atomic E-state index is 13.7. The summed E-state index contributed by atoms with van der Waals surface area (Å²) in [5.74, 6) is -2.48. The molecule has 0 aliphatic carbocycles. The third kappa shape index (κ3) is 5.86. The van der Waals surface area contributed by atoms with Crippen LogP contribution in [0.2, 0.25) is 0 Å². The molecule has 0 saturated carbocycles. The van der Waals surface area contributed by atoms with E-state index in [9.17, 15) is 27.2 Å². The van der Waals surface area contributed by atoms with Crippen LogP contribution in [0.25, 0.3) is 0 Å². The van der Waals surface area contributed by atoms with E-state index < -0.39 is 39.9 Å². The van der Waals surface area contributed by atoms with E-state index in [0.717, 1.165) is 34.9 Å². The Morgan fingerprint density at radius 2 is 1.74 bits per heavy atom. The normalized spacial score (nSPS) is 11.8. The molecule has 168 valence electrons. The second kappa shape index (κ2) is 9.62. The zero-order valence-electron chi connectivity index (χ0n) is 17.2. The van der Waals surface area contributed by atoms with Crippen molar-refractivity contribution >= 4 is 46.7 Å². The van der Waals surface area contributed by atoms with Crippen molar-refractivity contribution in [2.24, 2.45) is 0 Å². The molecule has 0 aliphatic rings. The maximum Gasteiger partial charge on any atom is 0.416 e. The summed E-state index contributed by atoms with van der Waals surface area (Å²) < 4.78 is 60.3. The first-order chi connectivity index (χ1) is 15.8. The van der Waals surface area contributed by atoms with Crippen LogP contribution in [0.3, 0.4) is 0 Å². The Labute approximate surface area is 200 Å². The Morgan fingerprint density at radius 1 is 1.03 bits per heavy atom. The Hall–Kier alpha value is -3.14. The van der Waals surface area contributed by atoms with Gasteiger partial charge in [-0.15, -0.1) is 16.7 Å². The molecular weight excluding hydrogens is 472 g/mol.